The number of aryl methyl sites for hydroxylation is 1. The first-order valence-corrected chi connectivity index (χ1v) is 28.5. The lowest BCUT2D eigenvalue weighted by Gasteiger charge is -2.33. The molecule has 4 aliphatic heterocycles. The van der Waals surface area contributed by atoms with Crippen LogP contribution in [0.1, 0.15) is 113 Å². The molecule has 0 spiro atoms. The number of amides is 1. The van der Waals surface area contributed by atoms with E-state index in [0.717, 1.165) is 91.2 Å². The number of nitrogens with zero attached hydrogens (tertiary/aromatic N) is 7. The van der Waals surface area contributed by atoms with E-state index in [4.69, 9.17) is 49.0 Å². The molecule has 0 saturated carbocycles. The summed E-state index contributed by atoms with van der Waals surface area (Å²) in [7, 11) is -3.80. The summed E-state index contributed by atoms with van der Waals surface area (Å²) >= 11 is 16.8. The van der Waals surface area contributed by atoms with Gasteiger partial charge in [-0.3, -0.25) is 9.89 Å². The van der Waals surface area contributed by atoms with E-state index in [0.29, 0.717) is 54.6 Å². The van der Waals surface area contributed by atoms with E-state index in [1.165, 1.54) is 37.7 Å². The van der Waals surface area contributed by atoms with Crippen LogP contribution in [0.3, 0.4) is 0 Å². The molecule has 3 aromatic carbocycles. The third-order valence-electron chi connectivity index (χ3n) is 12.5. The van der Waals surface area contributed by atoms with Gasteiger partial charge in [0.15, 0.2) is 0 Å². The maximum atomic E-state index is 12.7. The number of likely N-dealkylation sites (tertiary alicyclic amines) is 1. The van der Waals surface area contributed by atoms with Crippen molar-refractivity contribution in [3.8, 4) is 22.5 Å². The summed E-state index contributed by atoms with van der Waals surface area (Å²) in [5.41, 5.74) is 7.39. The lowest BCUT2D eigenvalue weighted by Crippen LogP contribution is -2.43. The third-order valence-corrected chi connectivity index (χ3v) is 14.4. The van der Waals surface area contributed by atoms with E-state index in [2.05, 4.69) is 45.4 Å². The number of hydrogen-bond donors (Lipinski definition) is 3. The minimum Gasteiger partial charge on any atom is -0.444 e. The average Bonchev–Trinajstić information content (AvgIpc) is 4.33. The van der Waals surface area contributed by atoms with Gasteiger partial charge in [-0.2, -0.15) is 18.6 Å². The fourth-order valence-corrected chi connectivity index (χ4v) is 9.59. The first-order chi connectivity index (χ1) is 37.1. The summed E-state index contributed by atoms with van der Waals surface area (Å²) < 4.78 is 40.8. The van der Waals surface area contributed by atoms with E-state index < -0.39 is 20.9 Å². The van der Waals surface area contributed by atoms with Gasteiger partial charge in [0, 0.05) is 114 Å². The number of nitrogens with one attached hydrogen (secondary N) is 3. The van der Waals surface area contributed by atoms with Crippen molar-refractivity contribution in [2.75, 3.05) is 52.6 Å². The number of sulfonamides is 1. The standard InChI is InChI=1S/C23H31N5O4S.C18H18ClN5.C7H4Cl2O.2C4H8O.CH4/c1-17-5-7-20(8-6-17)33(30,31)27-26-21(15-19-9-12-24-16-25-19)18-10-13-28(14-11-18)22(29)32-23(2,3)4;19-14-3-1-12(2-4-14)17-16(15-7-10-21-11-22-15)18(24-23-17)13-5-8-20-9-6-13;8-6-3-1-5(2-4-6)7(9)10;2*1-2-4-5-3-1;/h5-9,12,16,18,27H,10-11,13-15H2,1-4H3;1-4,7,10-11,13,20H,5-6,8-9H2,(H,23,24);1-4H;2*1-4H2;1H4/b26-21+;;;;;. The third kappa shape index (κ3) is 21.1. The highest BCUT2D eigenvalue weighted by atomic mass is 35.5. The predicted molar refractivity (Wildman–Crippen MR) is 309 cm³/mol. The summed E-state index contributed by atoms with van der Waals surface area (Å²) in [6.45, 7) is 14.5. The number of benzene rings is 3. The number of ether oxygens (including phenoxy) is 3. The second-order valence-electron chi connectivity index (χ2n) is 19.5. The molecule has 3 aromatic heterocycles. The lowest BCUT2D eigenvalue weighted by molar-refractivity contribution is 0.0201. The minimum atomic E-state index is -3.80. The molecule has 4 saturated heterocycles. The second-order valence-corrected chi connectivity index (χ2v) is 22.4. The molecule has 0 atom stereocenters. The highest BCUT2D eigenvalue weighted by molar-refractivity contribution is 7.89. The lowest BCUT2D eigenvalue weighted by atomic mass is 9.89. The monoisotopic (exact) mass is 1150 g/mol. The van der Waals surface area contributed by atoms with Gasteiger partial charge in [-0.1, -0.05) is 60.5 Å². The topological polar surface area (TPSA) is 216 Å². The number of aromatic amines is 1. The molecule has 1 amide bonds. The smallest absolute Gasteiger partial charge is 0.410 e. The SMILES string of the molecule is C.C1CCOC1.C1CCOC1.Cc1ccc(S(=O)(=O)N/N=C(\Cc2ccncn2)C2CCN(C(=O)OC(C)(C)C)CC2)cc1.Clc1ccc(-c2n[nH]c(C3CCNCC3)c2-c2ccncn2)cc1.O=C(Cl)c1ccc(Cl)cc1. The zero-order valence-corrected chi connectivity index (χ0v) is 47.2. The summed E-state index contributed by atoms with van der Waals surface area (Å²) in [5.74, 6) is 0.462. The number of aromatic nitrogens is 6. The van der Waals surface area contributed by atoms with Crippen LogP contribution < -0.4 is 10.1 Å². The highest BCUT2D eigenvalue weighted by Gasteiger charge is 2.30. The molecule has 78 heavy (non-hydrogen) atoms. The molecule has 420 valence electrons. The zero-order valence-electron chi connectivity index (χ0n) is 44.1. The van der Waals surface area contributed by atoms with Gasteiger partial charge in [-0.15, -0.1) is 0 Å². The molecule has 10 rings (SSSR count). The van der Waals surface area contributed by atoms with Gasteiger partial charge >= 0.3 is 6.09 Å². The molecule has 6 aromatic rings. The van der Waals surface area contributed by atoms with Crippen LogP contribution in [0.2, 0.25) is 10.0 Å². The van der Waals surface area contributed by atoms with Crippen molar-refractivity contribution in [2.45, 2.75) is 109 Å². The van der Waals surface area contributed by atoms with Crippen molar-refractivity contribution in [2.24, 2.45) is 11.0 Å². The Morgan fingerprint density at radius 3 is 1.85 bits per heavy atom. The fourth-order valence-electron chi connectivity index (χ4n) is 8.37. The maximum Gasteiger partial charge on any atom is 0.410 e. The highest BCUT2D eigenvalue weighted by Crippen LogP contribution is 2.38. The number of carbonyl (C=O) groups excluding carboxylic acids is 2. The number of H-pyrrole nitrogens is 1. The van der Waals surface area contributed by atoms with Crippen LogP contribution in [-0.2, 0) is 30.7 Å². The quantitative estimate of drug-likeness (QED) is 0.0662. The summed E-state index contributed by atoms with van der Waals surface area (Å²) in [5, 5.41) is 16.5. The first-order valence-electron chi connectivity index (χ1n) is 25.9. The summed E-state index contributed by atoms with van der Waals surface area (Å²) in [6, 6.07) is 24.5. The summed E-state index contributed by atoms with van der Waals surface area (Å²) in [4.78, 5) is 43.8. The van der Waals surface area contributed by atoms with Crippen molar-refractivity contribution in [3.05, 3.63) is 143 Å². The van der Waals surface area contributed by atoms with E-state index >= 15 is 0 Å². The molecular weight excluding hydrogens is 1080 g/mol. The van der Waals surface area contributed by atoms with Crippen molar-refractivity contribution in [1.29, 1.82) is 0 Å². The molecule has 21 heteroatoms. The fraction of sp³-hybridized carbons (Fsp3) is 0.439. The Labute approximate surface area is 474 Å². The van der Waals surface area contributed by atoms with Crippen molar-refractivity contribution in [3.63, 3.8) is 0 Å². The van der Waals surface area contributed by atoms with Crippen LogP contribution in [0.25, 0.3) is 22.5 Å². The molecule has 17 nitrogen and oxygen atoms in total. The molecule has 0 aliphatic carbocycles. The number of halogens is 3. The van der Waals surface area contributed by atoms with Crippen molar-refractivity contribution in [1.82, 2.24) is 45.2 Å². The van der Waals surface area contributed by atoms with Crippen LogP contribution >= 0.6 is 34.8 Å². The van der Waals surface area contributed by atoms with Gasteiger partial charge in [-0.05, 0) is 164 Å². The molecule has 0 unspecified atom stereocenters. The Morgan fingerprint density at radius 1 is 0.782 bits per heavy atom. The van der Waals surface area contributed by atoms with Crippen molar-refractivity contribution >= 4 is 61.9 Å². The van der Waals surface area contributed by atoms with Gasteiger partial charge in [0.2, 0.25) is 0 Å². The van der Waals surface area contributed by atoms with Crippen LogP contribution in [0, 0.1) is 12.8 Å². The zero-order chi connectivity index (χ0) is 55.0. The van der Waals surface area contributed by atoms with E-state index in [1.54, 1.807) is 78.2 Å². The van der Waals surface area contributed by atoms with Gasteiger partial charge in [0.25, 0.3) is 15.3 Å². The Hall–Kier alpha value is -5.86. The Balaban J connectivity index is 0.000000213. The molecular formula is C57H73Cl3N10O7S. The van der Waals surface area contributed by atoms with Gasteiger partial charge in [0.05, 0.1) is 10.6 Å². The van der Waals surface area contributed by atoms with Gasteiger partial charge < -0.3 is 24.4 Å². The number of hydrogen-bond acceptors (Lipinski definition) is 14. The van der Waals surface area contributed by atoms with Crippen LogP contribution in [0.4, 0.5) is 4.79 Å². The van der Waals surface area contributed by atoms with E-state index in [-0.39, 0.29) is 24.3 Å². The predicted octanol–water partition coefficient (Wildman–Crippen LogP) is 11.9. The summed E-state index contributed by atoms with van der Waals surface area (Å²) in [6.07, 6.45) is 15.1. The van der Waals surface area contributed by atoms with Crippen molar-refractivity contribution < 1.29 is 32.2 Å². The largest absolute Gasteiger partial charge is 0.444 e. The maximum absolute atomic E-state index is 12.7. The van der Waals surface area contributed by atoms with E-state index in [1.807, 2.05) is 58.0 Å². The number of carbonyl (C=O) groups is 2. The number of rotatable bonds is 10. The molecule has 7 heterocycles. The van der Waals surface area contributed by atoms with E-state index in [9.17, 15) is 18.0 Å². The Bertz CT molecular complexity index is 2830. The molecule has 3 N–H and O–H groups in total. The number of piperidine rings is 2. The molecule has 0 radical (unpaired) electrons. The second kappa shape index (κ2) is 32.3. The number of hydrazone groups is 1. The molecule has 4 aliphatic rings. The van der Waals surface area contributed by atoms with Crippen LogP contribution in [0.5, 0.6) is 0 Å². The first kappa shape index (κ1) is 63.0. The Kier molecular flexibility index (Phi) is 26.1. The van der Waals surface area contributed by atoms with Crippen LogP contribution in [-0.4, -0.2) is 119 Å². The average molecular weight is 1150 g/mol. The molecule has 0 bridgehead atoms. The normalized spacial score (nSPS) is 15.8. The molecule has 4 fully saturated rings. The van der Waals surface area contributed by atoms with Crippen LogP contribution in [0.15, 0.2) is 120 Å². The van der Waals surface area contributed by atoms with Gasteiger partial charge in [0.1, 0.15) is 23.9 Å². The van der Waals surface area contributed by atoms with Gasteiger partial charge in [-0.25, -0.2) is 29.6 Å². The Morgan fingerprint density at radius 2 is 1.35 bits per heavy atom. The minimum absolute atomic E-state index is 0.